The molecule has 1 saturated heterocycles. The first-order valence-corrected chi connectivity index (χ1v) is 12.7. The van der Waals surface area contributed by atoms with Crippen LogP contribution in [0.1, 0.15) is 25.0 Å². The Bertz CT molecular complexity index is 1090. The van der Waals surface area contributed by atoms with Crippen LogP contribution in [0, 0.1) is 5.92 Å². The van der Waals surface area contributed by atoms with Gasteiger partial charge in [-0.2, -0.15) is 0 Å². The van der Waals surface area contributed by atoms with E-state index in [1.54, 1.807) is 23.9 Å². The number of hydrogen-bond donors (Lipinski definition) is 1. The smallest absolute Gasteiger partial charge is 0.238 e. The fourth-order valence-corrected chi connectivity index (χ4v) is 5.83. The molecule has 2 aliphatic rings. The molecule has 2 aliphatic heterocycles. The van der Waals surface area contributed by atoms with Gasteiger partial charge in [-0.15, -0.1) is 0 Å². The second-order valence-electron chi connectivity index (χ2n) is 8.36. The molecule has 1 atom stereocenters. The first-order chi connectivity index (χ1) is 14.2. The first-order valence-electron chi connectivity index (χ1n) is 10.3. The number of likely N-dealkylation sites (N-methyl/N-ethyl adjacent to an activating group) is 1. The van der Waals surface area contributed by atoms with Crippen LogP contribution in [0.2, 0.25) is 0 Å². The zero-order valence-corrected chi connectivity index (χ0v) is 19.4. The third kappa shape index (κ3) is 4.36. The lowest BCUT2D eigenvalue weighted by atomic mass is 9.87. The molecule has 30 heavy (non-hydrogen) atoms. The quantitative estimate of drug-likeness (QED) is 0.668. The van der Waals surface area contributed by atoms with Crippen molar-refractivity contribution in [3.63, 3.8) is 0 Å². The van der Waals surface area contributed by atoms with Gasteiger partial charge in [0.25, 0.3) is 0 Å². The number of sulfonamides is 1. The topological polar surface area (TPSA) is 66.6 Å². The third-order valence-electron chi connectivity index (χ3n) is 6.19. The molecule has 4 rings (SSSR count). The van der Waals surface area contributed by atoms with Crippen molar-refractivity contribution >= 4 is 27.4 Å². The zero-order valence-electron chi connectivity index (χ0n) is 17.8. The molecule has 0 aromatic heterocycles. The van der Waals surface area contributed by atoms with E-state index >= 15 is 0 Å². The Kier molecular flexibility index (Phi) is 6.10. The summed E-state index contributed by atoms with van der Waals surface area (Å²) in [5, 5.41) is 5.44. The summed E-state index contributed by atoms with van der Waals surface area (Å²) in [4.78, 5) is 7.33. The van der Waals surface area contributed by atoms with Crippen LogP contribution in [0.5, 0.6) is 0 Å². The van der Waals surface area contributed by atoms with E-state index in [4.69, 9.17) is 5.14 Å². The maximum absolute atomic E-state index is 12.0. The molecular weight excluding hydrogens is 414 g/mol. The number of rotatable bonds is 4. The van der Waals surface area contributed by atoms with Gasteiger partial charge in [-0.1, -0.05) is 42.5 Å². The molecule has 2 aromatic carbocycles. The van der Waals surface area contributed by atoms with Gasteiger partial charge in [-0.05, 0) is 60.9 Å². The number of nitrogens with zero attached hydrogens (tertiary/aromatic N) is 2. The van der Waals surface area contributed by atoms with Crippen molar-refractivity contribution in [3.05, 3.63) is 59.2 Å². The van der Waals surface area contributed by atoms with Gasteiger partial charge in [0.2, 0.25) is 10.0 Å². The highest BCUT2D eigenvalue weighted by Crippen LogP contribution is 2.47. The van der Waals surface area contributed by atoms with Crippen LogP contribution in [0.4, 0.5) is 0 Å². The molecule has 0 aliphatic carbocycles. The monoisotopic (exact) mass is 443 g/mol. The van der Waals surface area contributed by atoms with Crippen LogP contribution < -0.4 is 5.14 Å². The van der Waals surface area contributed by atoms with E-state index in [1.807, 2.05) is 12.1 Å². The van der Waals surface area contributed by atoms with E-state index in [0.29, 0.717) is 5.92 Å². The lowest BCUT2D eigenvalue weighted by Gasteiger charge is -2.35. The Balaban J connectivity index is 1.77. The molecule has 2 N–H and O–H groups in total. The number of benzene rings is 2. The Morgan fingerprint density at radius 1 is 1.07 bits per heavy atom. The highest BCUT2D eigenvalue weighted by atomic mass is 32.2. The number of hydrogen-bond acceptors (Lipinski definition) is 5. The van der Waals surface area contributed by atoms with Crippen molar-refractivity contribution in [1.82, 2.24) is 9.80 Å². The highest BCUT2D eigenvalue weighted by Gasteiger charge is 2.26. The molecule has 1 unspecified atom stereocenters. The maximum atomic E-state index is 12.0. The molecule has 0 amide bonds. The van der Waals surface area contributed by atoms with Crippen molar-refractivity contribution in [2.24, 2.45) is 11.1 Å². The molecule has 7 heteroatoms. The molecule has 0 spiro atoms. The minimum absolute atomic E-state index is 0.165. The minimum Gasteiger partial charge on any atom is -0.304 e. The lowest BCUT2D eigenvalue weighted by molar-refractivity contribution is 0.144. The molecule has 0 radical (unpaired) electrons. The number of primary sulfonamides is 1. The first kappa shape index (κ1) is 21.6. The Morgan fingerprint density at radius 3 is 2.43 bits per heavy atom. The largest absolute Gasteiger partial charge is 0.304 e. The summed E-state index contributed by atoms with van der Waals surface area (Å²) >= 11 is 1.68. The van der Waals surface area contributed by atoms with Crippen LogP contribution in [-0.4, -0.2) is 58.0 Å². The average molecular weight is 444 g/mol. The summed E-state index contributed by atoms with van der Waals surface area (Å²) in [7, 11) is -1.58. The van der Waals surface area contributed by atoms with Gasteiger partial charge >= 0.3 is 0 Å². The predicted molar refractivity (Wildman–Crippen MR) is 123 cm³/mol. The van der Waals surface area contributed by atoms with Crippen molar-refractivity contribution in [1.29, 1.82) is 0 Å². The zero-order chi connectivity index (χ0) is 21.5. The molecular formula is C23H29N3O2S2. The van der Waals surface area contributed by atoms with E-state index in [0.717, 1.165) is 48.8 Å². The molecule has 2 heterocycles. The van der Waals surface area contributed by atoms with Gasteiger partial charge in [-0.3, -0.25) is 0 Å². The van der Waals surface area contributed by atoms with E-state index in [2.05, 4.69) is 48.9 Å². The lowest BCUT2D eigenvalue weighted by Crippen LogP contribution is -2.45. The second kappa shape index (κ2) is 8.48. The van der Waals surface area contributed by atoms with Crippen molar-refractivity contribution in [2.45, 2.75) is 28.5 Å². The maximum Gasteiger partial charge on any atom is 0.238 e. The summed E-state index contributed by atoms with van der Waals surface area (Å²) in [5.41, 5.74) is 4.57. The number of fused-ring (bicyclic) bond motifs is 2. The van der Waals surface area contributed by atoms with Crippen LogP contribution in [0.3, 0.4) is 0 Å². The normalized spacial score (nSPS) is 20.4. The fourth-order valence-electron chi connectivity index (χ4n) is 4.22. The van der Waals surface area contributed by atoms with Crippen molar-refractivity contribution in [2.75, 3.05) is 39.8 Å². The van der Waals surface area contributed by atoms with Gasteiger partial charge in [0.15, 0.2) is 0 Å². The third-order valence-corrected chi connectivity index (χ3v) is 8.25. The highest BCUT2D eigenvalue weighted by molar-refractivity contribution is 7.99. The summed E-state index contributed by atoms with van der Waals surface area (Å²) < 4.78 is 24.0. The molecule has 160 valence electrons. The SMILES string of the molecule is CC(=C1c2ccccc2Sc2ccc(S(N)(=O)=O)cc21)C(C)CN1CCN(C)CC1. The molecule has 0 saturated carbocycles. The Labute approximate surface area is 184 Å². The molecule has 0 bridgehead atoms. The average Bonchev–Trinajstić information content (AvgIpc) is 2.72. The van der Waals surface area contributed by atoms with Crippen LogP contribution >= 0.6 is 11.8 Å². The van der Waals surface area contributed by atoms with Crippen LogP contribution in [0.25, 0.3) is 5.57 Å². The van der Waals surface area contributed by atoms with Gasteiger partial charge in [0.05, 0.1) is 4.90 Å². The van der Waals surface area contributed by atoms with E-state index < -0.39 is 10.0 Å². The summed E-state index contributed by atoms with van der Waals surface area (Å²) in [6, 6.07) is 13.6. The van der Waals surface area contributed by atoms with E-state index in [1.165, 1.54) is 16.0 Å². The Morgan fingerprint density at radius 2 is 1.73 bits per heavy atom. The summed E-state index contributed by atoms with van der Waals surface area (Å²) in [6.45, 7) is 9.84. The fraction of sp³-hybridized carbons (Fsp3) is 0.391. The summed E-state index contributed by atoms with van der Waals surface area (Å²) in [6.07, 6.45) is 0. The number of piperazine rings is 1. The van der Waals surface area contributed by atoms with Gasteiger partial charge < -0.3 is 9.80 Å². The van der Waals surface area contributed by atoms with Crippen molar-refractivity contribution in [3.8, 4) is 0 Å². The van der Waals surface area contributed by atoms with E-state index in [-0.39, 0.29) is 4.90 Å². The van der Waals surface area contributed by atoms with Crippen LogP contribution in [-0.2, 0) is 10.0 Å². The van der Waals surface area contributed by atoms with E-state index in [9.17, 15) is 8.42 Å². The van der Waals surface area contributed by atoms with Gasteiger partial charge in [0, 0.05) is 42.5 Å². The number of nitrogens with two attached hydrogens (primary N) is 1. The van der Waals surface area contributed by atoms with Crippen LogP contribution in [0.15, 0.2) is 62.7 Å². The predicted octanol–water partition coefficient (Wildman–Crippen LogP) is 3.50. The van der Waals surface area contributed by atoms with Crippen molar-refractivity contribution < 1.29 is 8.42 Å². The summed E-state index contributed by atoms with van der Waals surface area (Å²) in [5.74, 6) is 0.352. The Hall–Kier alpha value is -1.64. The molecule has 1 fully saturated rings. The molecule has 5 nitrogen and oxygen atoms in total. The van der Waals surface area contributed by atoms with Gasteiger partial charge in [-0.25, -0.2) is 13.6 Å². The molecule has 2 aromatic rings. The second-order valence-corrected chi connectivity index (χ2v) is 11.0. The minimum atomic E-state index is -3.76. The van der Waals surface area contributed by atoms with Gasteiger partial charge in [0.1, 0.15) is 0 Å². The standard InChI is InChI=1S/C23H29N3O2S2/c1-16(15-26-12-10-25(3)11-13-26)17(2)23-19-6-4-5-7-21(19)29-22-9-8-18(14-20(22)23)30(24,27)28/h4-9,14,16H,10-13,15H2,1-3H3,(H2,24,27,28).